The summed E-state index contributed by atoms with van der Waals surface area (Å²) in [5, 5.41) is 12.9. The number of rotatable bonds is 1. The molecule has 1 N–H and O–H groups in total. The molecule has 5 aliphatic carbocycles. The SMILES string of the molecule is C=C1C(=O)C(C#N)=CC2(C)C3=CC(=O)C4C5CC(C)(C)CCC5(NC(=O)OC)CCC4C3(C)CCC12. The first kappa shape index (κ1) is 25.0. The molecule has 3 fully saturated rings. The van der Waals surface area contributed by atoms with Crippen molar-refractivity contribution in [3.8, 4) is 6.07 Å². The van der Waals surface area contributed by atoms with Gasteiger partial charge >= 0.3 is 6.09 Å². The molecule has 6 heteroatoms. The first-order valence-electron chi connectivity index (χ1n) is 13.3. The second-order valence-electron chi connectivity index (χ2n) is 13.2. The monoisotopic (exact) mass is 490 g/mol. The highest BCUT2D eigenvalue weighted by Gasteiger charge is 2.64. The van der Waals surface area contributed by atoms with Gasteiger partial charge in [-0.15, -0.1) is 0 Å². The minimum Gasteiger partial charge on any atom is -0.453 e. The minimum atomic E-state index is -0.575. The Labute approximate surface area is 214 Å². The van der Waals surface area contributed by atoms with Crippen LogP contribution in [0.25, 0.3) is 0 Å². The quantitative estimate of drug-likeness (QED) is 0.493. The average molecular weight is 491 g/mol. The Bertz CT molecular complexity index is 1170. The van der Waals surface area contributed by atoms with E-state index in [4.69, 9.17) is 4.74 Å². The van der Waals surface area contributed by atoms with Gasteiger partial charge in [-0.2, -0.15) is 5.26 Å². The van der Waals surface area contributed by atoms with Gasteiger partial charge in [0.25, 0.3) is 0 Å². The number of fused-ring (bicyclic) bond motifs is 7. The van der Waals surface area contributed by atoms with Crippen molar-refractivity contribution < 1.29 is 19.1 Å². The van der Waals surface area contributed by atoms with Crippen molar-refractivity contribution in [2.75, 3.05) is 7.11 Å². The van der Waals surface area contributed by atoms with Crippen molar-refractivity contribution in [1.82, 2.24) is 5.32 Å². The van der Waals surface area contributed by atoms with Crippen LogP contribution in [0.5, 0.6) is 0 Å². The summed E-state index contributed by atoms with van der Waals surface area (Å²) in [5.41, 5.74) is 0.554. The molecule has 0 aromatic carbocycles. The summed E-state index contributed by atoms with van der Waals surface area (Å²) in [6.07, 6.45) is 9.34. The molecular formula is C30H38N2O4. The fraction of sp³-hybridized carbons (Fsp3) is 0.667. The van der Waals surface area contributed by atoms with Crippen LogP contribution in [0.4, 0.5) is 4.79 Å². The van der Waals surface area contributed by atoms with Crippen molar-refractivity contribution in [2.45, 2.75) is 78.2 Å². The van der Waals surface area contributed by atoms with E-state index in [9.17, 15) is 19.6 Å². The van der Waals surface area contributed by atoms with E-state index in [-0.39, 0.29) is 51.6 Å². The molecule has 1 amide bonds. The lowest BCUT2D eigenvalue weighted by molar-refractivity contribution is -0.138. The van der Waals surface area contributed by atoms with E-state index < -0.39 is 17.0 Å². The van der Waals surface area contributed by atoms with Crippen LogP contribution in [0.15, 0.2) is 35.5 Å². The number of alkyl carbamates (subject to hydrolysis) is 1. The molecule has 3 saturated carbocycles. The van der Waals surface area contributed by atoms with Crippen LogP contribution in [0, 0.1) is 51.2 Å². The first-order chi connectivity index (χ1) is 16.8. The first-order valence-corrected chi connectivity index (χ1v) is 13.3. The number of nitrogens with zero attached hydrogens (tertiary/aromatic N) is 1. The van der Waals surface area contributed by atoms with Crippen molar-refractivity contribution >= 4 is 17.7 Å². The lowest BCUT2D eigenvalue weighted by Gasteiger charge is -2.64. The van der Waals surface area contributed by atoms with Gasteiger partial charge in [0.15, 0.2) is 11.6 Å². The molecule has 192 valence electrons. The fourth-order valence-electron chi connectivity index (χ4n) is 9.00. The number of carbonyl (C=O) groups excluding carboxylic acids is 3. The van der Waals surface area contributed by atoms with E-state index in [1.807, 2.05) is 12.2 Å². The predicted octanol–water partition coefficient (Wildman–Crippen LogP) is 5.45. The number of Topliss-reactive ketones (excluding diaryl/α,β-unsaturated/α-hetero) is 1. The number of amides is 1. The van der Waals surface area contributed by atoms with Gasteiger partial charge in [0.1, 0.15) is 6.07 Å². The largest absolute Gasteiger partial charge is 0.453 e. The lowest BCUT2D eigenvalue weighted by atomic mass is 9.41. The Morgan fingerprint density at radius 2 is 1.83 bits per heavy atom. The molecule has 5 rings (SSSR count). The molecule has 0 saturated heterocycles. The second-order valence-corrected chi connectivity index (χ2v) is 13.2. The third kappa shape index (κ3) is 3.31. The van der Waals surface area contributed by atoms with E-state index >= 15 is 0 Å². The van der Waals surface area contributed by atoms with Crippen LogP contribution in [0.2, 0.25) is 0 Å². The summed E-state index contributed by atoms with van der Waals surface area (Å²) in [5.74, 6) is -0.202. The highest BCUT2D eigenvalue weighted by molar-refractivity contribution is 6.12. The maximum Gasteiger partial charge on any atom is 0.407 e. The van der Waals surface area contributed by atoms with Crippen LogP contribution < -0.4 is 5.32 Å². The molecule has 0 bridgehead atoms. The van der Waals surface area contributed by atoms with Gasteiger partial charge < -0.3 is 10.1 Å². The Kier molecular flexibility index (Phi) is 5.49. The molecule has 0 spiro atoms. The molecule has 0 aromatic heterocycles. The number of allylic oxidation sites excluding steroid dienone is 5. The number of ketones is 2. The van der Waals surface area contributed by atoms with Gasteiger partial charge in [0, 0.05) is 16.9 Å². The molecular weight excluding hydrogens is 452 g/mol. The summed E-state index contributed by atoms with van der Waals surface area (Å²) in [4.78, 5) is 39.3. The van der Waals surface area contributed by atoms with Crippen molar-refractivity contribution in [3.05, 3.63) is 35.5 Å². The highest BCUT2D eigenvalue weighted by Crippen LogP contribution is 2.67. The molecule has 7 unspecified atom stereocenters. The van der Waals surface area contributed by atoms with Crippen LogP contribution in [0.1, 0.15) is 72.6 Å². The minimum absolute atomic E-state index is 0.0415. The second kappa shape index (κ2) is 7.91. The van der Waals surface area contributed by atoms with Crippen LogP contribution in [-0.4, -0.2) is 30.3 Å². The normalized spacial score (nSPS) is 42.9. The molecule has 0 radical (unpaired) electrons. The Morgan fingerprint density at radius 3 is 2.50 bits per heavy atom. The van der Waals surface area contributed by atoms with Gasteiger partial charge in [-0.3, -0.25) is 9.59 Å². The molecule has 7 atom stereocenters. The summed E-state index contributed by atoms with van der Waals surface area (Å²) in [6, 6.07) is 2.08. The molecule has 6 nitrogen and oxygen atoms in total. The summed E-state index contributed by atoms with van der Waals surface area (Å²) in [7, 11) is 1.39. The van der Waals surface area contributed by atoms with Gasteiger partial charge in [-0.1, -0.05) is 45.9 Å². The number of methoxy groups -OCH3 is 1. The maximum atomic E-state index is 14.1. The van der Waals surface area contributed by atoms with Crippen LogP contribution in [-0.2, 0) is 14.3 Å². The molecule has 0 aliphatic heterocycles. The Hall–Kier alpha value is -2.68. The molecule has 0 heterocycles. The Morgan fingerprint density at radius 1 is 1.11 bits per heavy atom. The number of ether oxygens (including phenoxy) is 1. The number of hydrogen-bond donors (Lipinski definition) is 1. The average Bonchev–Trinajstić information content (AvgIpc) is 2.82. The summed E-state index contributed by atoms with van der Waals surface area (Å²) in [6.45, 7) is 13.0. The van der Waals surface area contributed by atoms with Gasteiger partial charge in [-0.25, -0.2) is 4.79 Å². The van der Waals surface area contributed by atoms with E-state index in [1.165, 1.54) is 7.11 Å². The van der Waals surface area contributed by atoms with Crippen molar-refractivity contribution in [3.63, 3.8) is 0 Å². The van der Waals surface area contributed by atoms with E-state index in [2.05, 4.69) is 45.7 Å². The summed E-state index contributed by atoms with van der Waals surface area (Å²) >= 11 is 0. The number of nitriles is 1. The number of nitrogens with one attached hydrogen (secondary N) is 1. The van der Waals surface area contributed by atoms with E-state index in [1.54, 1.807) is 0 Å². The van der Waals surface area contributed by atoms with Gasteiger partial charge in [0.05, 0.1) is 12.7 Å². The van der Waals surface area contributed by atoms with Crippen LogP contribution >= 0.6 is 0 Å². The topological polar surface area (TPSA) is 96.3 Å². The van der Waals surface area contributed by atoms with E-state index in [0.29, 0.717) is 5.57 Å². The van der Waals surface area contributed by atoms with Crippen LogP contribution in [0.3, 0.4) is 0 Å². The standard InChI is InChI=1S/C30H38N2O4/c1-17-19-7-9-28(4)20-8-10-30(32-26(35)36-6)12-11-27(2,3)15-21(30)24(20)22(33)13-23(28)29(19,5)14-18(16-31)25(17)34/h13-14,19-21,24H,1,7-12,15H2,2-6H3,(H,32,35). The number of carbonyl (C=O) groups is 3. The zero-order valence-electron chi connectivity index (χ0n) is 22.2. The Balaban J connectivity index is 1.62. The zero-order valence-corrected chi connectivity index (χ0v) is 22.2. The van der Waals surface area contributed by atoms with E-state index in [0.717, 1.165) is 50.5 Å². The smallest absolute Gasteiger partial charge is 0.407 e. The van der Waals surface area contributed by atoms with Crippen molar-refractivity contribution in [2.24, 2.45) is 39.9 Å². The third-order valence-electron chi connectivity index (χ3n) is 10.9. The maximum absolute atomic E-state index is 14.1. The molecule has 0 aromatic rings. The zero-order chi connectivity index (χ0) is 26.3. The fourth-order valence-corrected chi connectivity index (χ4v) is 9.00. The van der Waals surface area contributed by atoms with Crippen molar-refractivity contribution in [1.29, 1.82) is 5.26 Å². The predicted molar refractivity (Wildman–Crippen MR) is 135 cm³/mol. The molecule has 36 heavy (non-hydrogen) atoms. The van der Waals surface area contributed by atoms with Gasteiger partial charge in [-0.05, 0) is 85.2 Å². The van der Waals surface area contributed by atoms with Gasteiger partial charge in [0.2, 0.25) is 0 Å². The molecule has 5 aliphatic rings. The lowest BCUT2D eigenvalue weighted by Crippen LogP contribution is -2.66. The third-order valence-corrected chi connectivity index (χ3v) is 10.9. The highest BCUT2D eigenvalue weighted by atomic mass is 16.5. The number of hydrogen-bond acceptors (Lipinski definition) is 5. The summed E-state index contributed by atoms with van der Waals surface area (Å²) < 4.78 is 5.01.